The Kier molecular flexibility index (Phi) is 8.43. The minimum atomic E-state index is -1.05. The van der Waals surface area contributed by atoms with Crippen molar-refractivity contribution in [3.05, 3.63) is 71.3 Å². The van der Waals surface area contributed by atoms with Crippen LogP contribution >= 0.6 is 0 Å². The third-order valence-corrected chi connectivity index (χ3v) is 7.18. The Morgan fingerprint density at radius 3 is 2.08 bits per heavy atom. The van der Waals surface area contributed by atoms with Crippen molar-refractivity contribution in [3.63, 3.8) is 0 Å². The van der Waals surface area contributed by atoms with Crippen LogP contribution in [0.5, 0.6) is 0 Å². The number of anilines is 2. The Hall–Kier alpha value is -3.87. The van der Waals surface area contributed by atoms with Gasteiger partial charge in [0.25, 0.3) is 5.91 Å². The van der Waals surface area contributed by atoms with Gasteiger partial charge in [-0.25, -0.2) is 4.79 Å². The van der Waals surface area contributed by atoms with E-state index in [0.29, 0.717) is 11.3 Å². The van der Waals surface area contributed by atoms with Crippen LogP contribution in [0.15, 0.2) is 54.6 Å². The second kappa shape index (κ2) is 11.9. The number of carboxylic acids is 1. The van der Waals surface area contributed by atoms with Crippen molar-refractivity contribution in [1.82, 2.24) is 4.90 Å². The smallest absolute Gasteiger partial charge is 0.323 e. The maximum atomic E-state index is 13.9. The summed E-state index contributed by atoms with van der Waals surface area (Å²) in [6.45, 7) is 3.71. The van der Waals surface area contributed by atoms with Crippen molar-refractivity contribution in [2.24, 2.45) is 0 Å². The average molecular weight is 502 g/mol. The van der Waals surface area contributed by atoms with Crippen molar-refractivity contribution in [1.29, 1.82) is 0 Å². The van der Waals surface area contributed by atoms with E-state index in [2.05, 4.69) is 10.6 Å². The van der Waals surface area contributed by atoms with Crippen LogP contribution in [0.4, 0.5) is 16.2 Å². The molecule has 3 aromatic carbocycles. The summed E-state index contributed by atoms with van der Waals surface area (Å²) in [7, 11) is 0. The van der Waals surface area contributed by atoms with Gasteiger partial charge >= 0.3 is 12.0 Å². The number of aliphatic carboxylic acids is 1. The lowest BCUT2D eigenvalue weighted by Crippen LogP contribution is -2.44. The highest BCUT2D eigenvalue weighted by Crippen LogP contribution is 2.30. The largest absolute Gasteiger partial charge is 0.480 e. The number of para-hydroxylation sites is 1. The first-order chi connectivity index (χ1) is 17.9. The number of carboxylic acid groups (broad SMARTS) is 1. The summed E-state index contributed by atoms with van der Waals surface area (Å²) in [4.78, 5) is 40.3. The number of fused-ring (bicyclic) bond motifs is 1. The molecule has 0 bridgehead atoms. The first-order valence-electron chi connectivity index (χ1n) is 13.2. The molecule has 37 heavy (non-hydrogen) atoms. The Morgan fingerprint density at radius 2 is 1.49 bits per heavy atom. The highest BCUT2D eigenvalue weighted by molar-refractivity contribution is 6.10. The van der Waals surface area contributed by atoms with Crippen LogP contribution in [-0.2, 0) is 17.6 Å². The van der Waals surface area contributed by atoms with Gasteiger partial charge in [-0.05, 0) is 59.7 Å². The summed E-state index contributed by atoms with van der Waals surface area (Å²) in [6.07, 6.45) is 6.13. The molecule has 7 heteroatoms. The van der Waals surface area contributed by atoms with Gasteiger partial charge in [0.15, 0.2) is 0 Å². The highest BCUT2D eigenvalue weighted by atomic mass is 16.4. The van der Waals surface area contributed by atoms with Gasteiger partial charge in [-0.3, -0.25) is 9.59 Å². The number of hydrogen-bond donors (Lipinski definition) is 3. The molecule has 1 aliphatic rings. The fourth-order valence-electron chi connectivity index (χ4n) is 5.25. The Balaban J connectivity index is 1.70. The summed E-state index contributed by atoms with van der Waals surface area (Å²) in [5.41, 5.74) is 3.51. The van der Waals surface area contributed by atoms with E-state index in [4.69, 9.17) is 0 Å². The fraction of sp³-hybridized carbons (Fsp3) is 0.367. The molecule has 194 valence electrons. The predicted octanol–water partition coefficient (Wildman–Crippen LogP) is 6.47. The van der Waals surface area contributed by atoms with E-state index < -0.39 is 12.0 Å². The zero-order chi connectivity index (χ0) is 26.4. The number of nitrogens with zero attached hydrogens (tertiary/aromatic N) is 1. The number of hydrogen-bond acceptors (Lipinski definition) is 3. The number of aryl methyl sites for hydroxylation is 2. The summed E-state index contributed by atoms with van der Waals surface area (Å²) in [5, 5.41) is 17.2. The van der Waals surface area contributed by atoms with Gasteiger partial charge in [0.2, 0.25) is 0 Å². The molecule has 1 aliphatic carbocycles. The Labute approximate surface area is 217 Å². The van der Waals surface area contributed by atoms with Crippen LogP contribution in [0.3, 0.4) is 0 Å². The SMILES string of the molecule is CCc1cccc(CC)c1NC(=O)Nc1cc2ccccc2cc1C(=O)N(CC(=O)O)C1CCCCC1. The molecule has 0 atom stereocenters. The van der Waals surface area contributed by atoms with Gasteiger partial charge in [0, 0.05) is 11.7 Å². The third-order valence-electron chi connectivity index (χ3n) is 7.18. The maximum Gasteiger partial charge on any atom is 0.323 e. The summed E-state index contributed by atoms with van der Waals surface area (Å²) >= 11 is 0. The van der Waals surface area contributed by atoms with Crippen LogP contribution in [0.1, 0.15) is 67.4 Å². The van der Waals surface area contributed by atoms with Crippen LogP contribution < -0.4 is 10.6 Å². The normalized spacial score (nSPS) is 13.8. The zero-order valence-corrected chi connectivity index (χ0v) is 21.5. The molecule has 1 fully saturated rings. The van der Waals surface area contributed by atoms with Crippen molar-refractivity contribution >= 4 is 40.1 Å². The summed E-state index contributed by atoms with van der Waals surface area (Å²) < 4.78 is 0. The first kappa shape index (κ1) is 26.2. The van der Waals surface area contributed by atoms with Crippen molar-refractivity contribution in [2.45, 2.75) is 64.8 Å². The third kappa shape index (κ3) is 6.10. The number of amides is 3. The second-order valence-electron chi connectivity index (χ2n) is 9.60. The van der Waals surface area contributed by atoms with Gasteiger partial charge in [-0.1, -0.05) is 75.6 Å². The minimum Gasteiger partial charge on any atom is -0.480 e. The van der Waals surface area contributed by atoms with E-state index in [1.807, 2.05) is 56.3 Å². The van der Waals surface area contributed by atoms with Gasteiger partial charge in [0.1, 0.15) is 6.54 Å². The molecular formula is C30H35N3O4. The monoisotopic (exact) mass is 501 g/mol. The zero-order valence-electron chi connectivity index (χ0n) is 21.5. The Bertz CT molecular complexity index is 1270. The molecule has 3 aromatic rings. The number of nitrogens with one attached hydrogen (secondary N) is 2. The van der Waals surface area contributed by atoms with Gasteiger partial charge in [0.05, 0.1) is 11.3 Å². The molecule has 4 rings (SSSR count). The van der Waals surface area contributed by atoms with Crippen molar-refractivity contribution in [3.8, 4) is 0 Å². The molecular weight excluding hydrogens is 466 g/mol. The van der Waals surface area contributed by atoms with E-state index in [1.54, 1.807) is 12.1 Å². The van der Waals surface area contributed by atoms with Crippen LogP contribution in [0, 0.1) is 0 Å². The fourth-order valence-corrected chi connectivity index (χ4v) is 5.25. The standard InChI is InChI=1S/C30H35N3O4/c1-3-20-13-10-14-21(4-2)28(20)32-30(37)31-26-18-23-12-9-8-11-22(23)17-25(26)29(36)33(19-27(34)35)24-15-6-5-7-16-24/h8-14,17-18,24H,3-7,15-16,19H2,1-2H3,(H,34,35)(H2,31,32,37). The predicted molar refractivity (Wildman–Crippen MR) is 147 cm³/mol. The molecule has 1 saturated carbocycles. The van der Waals surface area contributed by atoms with Crippen LogP contribution in [0.2, 0.25) is 0 Å². The topological polar surface area (TPSA) is 98.7 Å². The summed E-state index contributed by atoms with van der Waals surface area (Å²) in [5.74, 6) is -1.42. The molecule has 7 nitrogen and oxygen atoms in total. The molecule has 3 amide bonds. The molecule has 0 saturated heterocycles. The molecule has 0 unspecified atom stereocenters. The molecule has 0 spiro atoms. The van der Waals surface area contributed by atoms with Gasteiger partial charge < -0.3 is 20.6 Å². The minimum absolute atomic E-state index is 0.131. The Morgan fingerprint density at radius 1 is 0.865 bits per heavy atom. The lowest BCUT2D eigenvalue weighted by atomic mass is 9.93. The molecule has 0 heterocycles. The van der Waals surface area contributed by atoms with E-state index in [9.17, 15) is 19.5 Å². The molecule has 0 radical (unpaired) electrons. The van der Waals surface area contributed by atoms with Crippen LogP contribution in [-0.4, -0.2) is 40.5 Å². The van der Waals surface area contributed by atoms with E-state index in [0.717, 1.165) is 72.5 Å². The lowest BCUT2D eigenvalue weighted by molar-refractivity contribution is -0.138. The van der Waals surface area contributed by atoms with Gasteiger partial charge in [-0.15, -0.1) is 0 Å². The average Bonchev–Trinajstić information content (AvgIpc) is 2.91. The summed E-state index contributed by atoms with van der Waals surface area (Å²) in [6, 6.07) is 16.6. The van der Waals surface area contributed by atoms with Crippen molar-refractivity contribution < 1.29 is 19.5 Å². The molecule has 3 N–H and O–H groups in total. The number of carbonyl (C=O) groups excluding carboxylic acids is 2. The number of urea groups is 1. The number of rotatable bonds is 8. The second-order valence-corrected chi connectivity index (χ2v) is 9.60. The van der Waals surface area contributed by atoms with Crippen LogP contribution in [0.25, 0.3) is 10.8 Å². The van der Waals surface area contributed by atoms with Gasteiger partial charge in [-0.2, -0.15) is 0 Å². The first-order valence-corrected chi connectivity index (χ1v) is 13.2. The highest BCUT2D eigenvalue weighted by Gasteiger charge is 2.30. The van der Waals surface area contributed by atoms with E-state index in [1.165, 1.54) is 4.90 Å². The number of benzene rings is 3. The maximum absolute atomic E-state index is 13.9. The van der Waals surface area contributed by atoms with Crippen molar-refractivity contribution in [2.75, 3.05) is 17.2 Å². The van der Waals surface area contributed by atoms with E-state index in [-0.39, 0.29) is 18.5 Å². The molecule has 0 aliphatic heterocycles. The number of carbonyl (C=O) groups is 3. The van der Waals surface area contributed by atoms with E-state index >= 15 is 0 Å². The quantitative estimate of drug-likeness (QED) is 0.329. The molecule has 0 aromatic heterocycles. The lowest BCUT2D eigenvalue weighted by Gasteiger charge is -2.33.